The van der Waals surface area contributed by atoms with Crippen LogP contribution in [0, 0.1) is 16.7 Å². The van der Waals surface area contributed by atoms with Crippen molar-refractivity contribution in [1.29, 1.82) is 5.26 Å². The summed E-state index contributed by atoms with van der Waals surface area (Å²) in [6.45, 7) is 5.79. The summed E-state index contributed by atoms with van der Waals surface area (Å²) in [4.78, 5) is 12.0. The molecule has 0 bridgehead atoms. The SMILES string of the molecule is CC(C)(C)C(N)C(=O)c1ccc(C#N)cc1.Cl. The van der Waals surface area contributed by atoms with E-state index in [1.165, 1.54) is 0 Å². The van der Waals surface area contributed by atoms with Crippen molar-refractivity contribution in [2.75, 3.05) is 0 Å². The summed E-state index contributed by atoms with van der Waals surface area (Å²) < 4.78 is 0. The van der Waals surface area contributed by atoms with Crippen LogP contribution in [0.15, 0.2) is 24.3 Å². The number of Topliss-reactive ketones (excluding diaryl/α,β-unsaturated/α-hetero) is 1. The Labute approximate surface area is 108 Å². The molecule has 0 aliphatic rings. The minimum Gasteiger partial charge on any atom is -0.321 e. The molecule has 0 spiro atoms. The Bertz CT molecular complexity index is 426. The second-order valence-electron chi connectivity index (χ2n) is 4.90. The Morgan fingerprint density at radius 3 is 2.12 bits per heavy atom. The number of nitrogens with two attached hydrogens (primary N) is 1. The topological polar surface area (TPSA) is 66.9 Å². The molecule has 0 aromatic heterocycles. The highest BCUT2D eigenvalue weighted by Crippen LogP contribution is 2.20. The molecule has 0 saturated heterocycles. The molecule has 17 heavy (non-hydrogen) atoms. The molecule has 1 rings (SSSR count). The van der Waals surface area contributed by atoms with Crippen LogP contribution in [0.2, 0.25) is 0 Å². The average Bonchev–Trinajstić information content (AvgIpc) is 2.26. The number of hydrogen-bond acceptors (Lipinski definition) is 3. The van der Waals surface area contributed by atoms with Crippen LogP contribution in [0.5, 0.6) is 0 Å². The zero-order chi connectivity index (χ0) is 12.3. The second-order valence-corrected chi connectivity index (χ2v) is 4.90. The fourth-order valence-electron chi connectivity index (χ4n) is 1.28. The lowest BCUT2D eigenvalue weighted by atomic mass is 9.83. The number of halogens is 1. The van der Waals surface area contributed by atoms with Crippen molar-refractivity contribution in [1.82, 2.24) is 0 Å². The first-order chi connectivity index (χ1) is 7.36. The van der Waals surface area contributed by atoms with Gasteiger partial charge in [-0.25, -0.2) is 0 Å². The van der Waals surface area contributed by atoms with Crippen molar-refractivity contribution >= 4 is 18.2 Å². The van der Waals surface area contributed by atoms with E-state index in [9.17, 15) is 4.79 Å². The minimum absolute atomic E-state index is 0. The van der Waals surface area contributed by atoms with E-state index in [1.807, 2.05) is 26.8 Å². The van der Waals surface area contributed by atoms with Gasteiger partial charge in [-0.15, -0.1) is 12.4 Å². The third-order valence-electron chi connectivity index (χ3n) is 2.51. The van der Waals surface area contributed by atoms with Crippen LogP contribution >= 0.6 is 12.4 Å². The number of hydrogen-bond donors (Lipinski definition) is 1. The smallest absolute Gasteiger partial charge is 0.180 e. The lowest BCUT2D eigenvalue weighted by Gasteiger charge is -2.25. The maximum absolute atomic E-state index is 12.0. The number of nitrogens with zero attached hydrogens (tertiary/aromatic N) is 1. The average molecular weight is 253 g/mol. The van der Waals surface area contributed by atoms with Crippen molar-refractivity contribution < 1.29 is 4.79 Å². The fourth-order valence-corrected chi connectivity index (χ4v) is 1.28. The van der Waals surface area contributed by atoms with Crippen LogP contribution in [0.4, 0.5) is 0 Å². The molecule has 0 aliphatic heterocycles. The molecule has 1 atom stereocenters. The third kappa shape index (κ3) is 3.85. The molecule has 0 aliphatic carbocycles. The maximum Gasteiger partial charge on any atom is 0.180 e. The number of carbonyl (C=O) groups excluding carboxylic acids is 1. The van der Waals surface area contributed by atoms with Crippen LogP contribution in [0.1, 0.15) is 36.7 Å². The Kier molecular flexibility index (Phi) is 5.34. The molecule has 0 amide bonds. The third-order valence-corrected chi connectivity index (χ3v) is 2.51. The van der Waals surface area contributed by atoms with E-state index in [-0.39, 0.29) is 23.6 Å². The summed E-state index contributed by atoms with van der Waals surface area (Å²) in [6.07, 6.45) is 0. The van der Waals surface area contributed by atoms with Gasteiger partial charge >= 0.3 is 0 Å². The van der Waals surface area contributed by atoms with Crippen LogP contribution in [0.3, 0.4) is 0 Å². The highest BCUT2D eigenvalue weighted by molar-refractivity contribution is 6.00. The number of rotatable bonds is 2. The highest BCUT2D eigenvalue weighted by atomic mass is 35.5. The molecular formula is C13H17ClN2O. The second kappa shape index (κ2) is 5.81. The number of ketones is 1. The van der Waals surface area contributed by atoms with Gasteiger partial charge in [0, 0.05) is 5.56 Å². The van der Waals surface area contributed by atoms with E-state index in [4.69, 9.17) is 11.0 Å². The zero-order valence-corrected chi connectivity index (χ0v) is 11.0. The first-order valence-electron chi connectivity index (χ1n) is 5.16. The lowest BCUT2D eigenvalue weighted by Crippen LogP contribution is -2.42. The van der Waals surface area contributed by atoms with Crippen molar-refractivity contribution in [2.24, 2.45) is 11.1 Å². The van der Waals surface area contributed by atoms with E-state index in [1.54, 1.807) is 24.3 Å². The molecule has 1 unspecified atom stereocenters. The van der Waals surface area contributed by atoms with Gasteiger partial charge in [0.15, 0.2) is 5.78 Å². The van der Waals surface area contributed by atoms with E-state index in [0.717, 1.165) is 0 Å². The molecule has 4 heteroatoms. The summed E-state index contributed by atoms with van der Waals surface area (Å²) in [5.41, 5.74) is 6.72. The molecule has 0 fully saturated rings. The van der Waals surface area contributed by atoms with Crippen molar-refractivity contribution in [3.05, 3.63) is 35.4 Å². The van der Waals surface area contributed by atoms with E-state index in [2.05, 4.69) is 0 Å². The molecular weight excluding hydrogens is 236 g/mol. The molecule has 92 valence electrons. The van der Waals surface area contributed by atoms with Gasteiger partial charge < -0.3 is 5.73 Å². The predicted octanol–water partition coefficient (Wildman–Crippen LogP) is 2.54. The predicted molar refractivity (Wildman–Crippen MR) is 70.2 cm³/mol. The standard InChI is InChI=1S/C13H16N2O.ClH/c1-13(2,3)12(15)11(16)10-6-4-9(8-14)5-7-10;/h4-7,12H,15H2,1-3H3;1H. The Morgan fingerprint density at radius 1 is 1.29 bits per heavy atom. The molecule has 1 aromatic rings. The Morgan fingerprint density at radius 2 is 1.76 bits per heavy atom. The van der Waals surface area contributed by atoms with Crippen LogP contribution in [0.25, 0.3) is 0 Å². The lowest BCUT2D eigenvalue weighted by molar-refractivity contribution is 0.0901. The van der Waals surface area contributed by atoms with E-state index >= 15 is 0 Å². The maximum atomic E-state index is 12.0. The molecule has 0 saturated carbocycles. The van der Waals surface area contributed by atoms with Gasteiger partial charge in [0.1, 0.15) is 0 Å². The fraction of sp³-hybridized carbons (Fsp3) is 0.385. The Hall–Kier alpha value is -1.37. The molecule has 0 heterocycles. The molecule has 3 nitrogen and oxygen atoms in total. The normalized spacial score (nSPS) is 12.2. The first kappa shape index (κ1) is 15.6. The van der Waals surface area contributed by atoms with Crippen LogP contribution in [-0.4, -0.2) is 11.8 Å². The Balaban J connectivity index is 0.00000256. The minimum atomic E-state index is -0.527. The van der Waals surface area contributed by atoms with Gasteiger partial charge in [0.25, 0.3) is 0 Å². The van der Waals surface area contributed by atoms with Gasteiger partial charge in [0.2, 0.25) is 0 Å². The van der Waals surface area contributed by atoms with E-state index < -0.39 is 6.04 Å². The molecule has 1 aromatic carbocycles. The molecule has 0 radical (unpaired) electrons. The van der Waals surface area contributed by atoms with Crippen LogP contribution < -0.4 is 5.73 Å². The molecule has 2 N–H and O–H groups in total. The van der Waals surface area contributed by atoms with Gasteiger partial charge in [-0.1, -0.05) is 32.9 Å². The first-order valence-corrected chi connectivity index (χ1v) is 5.16. The summed E-state index contributed by atoms with van der Waals surface area (Å²) in [5, 5.41) is 8.65. The summed E-state index contributed by atoms with van der Waals surface area (Å²) in [6, 6.07) is 8.03. The number of benzene rings is 1. The largest absolute Gasteiger partial charge is 0.321 e. The van der Waals surface area contributed by atoms with E-state index in [0.29, 0.717) is 11.1 Å². The summed E-state index contributed by atoms with van der Waals surface area (Å²) in [5.74, 6) is -0.0861. The van der Waals surface area contributed by atoms with Crippen LogP contribution in [-0.2, 0) is 0 Å². The zero-order valence-electron chi connectivity index (χ0n) is 10.2. The summed E-state index contributed by atoms with van der Waals surface area (Å²) >= 11 is 0. The van der Waals surface area contributed by atoms with Gasteiger partial charge in [-0.2, -0.15) is 5.26 Å². The quantitative estimate of drug-likeness (QED) is 0.823. The van der Waals surface area contributed by atoms with Gasteiger partial charge in [-0.05, 0) is 17.5 Å². The number of carbonyl (C=O) groups is 1. The van der Waals surface area contributed by atoms with Gasteiger partial charge in [-0.3, -0.25) is 4.79 Å². The monoisotopic (exact) mass is 252 g/mol. The van der Waals surface area contributed by atoms with Gasteiger partial charge in [0.05, 0.1) is 17.7 Å². The summed E-state index contributed by atoms with van der Waals surface area (Å²) in [7, 11) is 0. The van der Waals surface area contributed by atoms with Crippen molar-refractivity contribution in [3.8, 4) is 6.07 Å². The number of nitriles is 1. The van der Waals surface area contributed by atoms with Crippen molar-refractivity contribution in [3.63, 3.8) is 0 Å². The van der Waals surface area contributed by atoms with Crippen molar-refractivity contribution in [2.45, 2.75) is 26.8 Å². The highest BCUT2D eigenvalue weighted by Gasteiger charge is 2.27.